The summed E-state index contributed by atoms with van der Waals surface area (Å²) >= 11 is 0.893. The summed E-state index contributed by atoms with van der Waals surface area (Å²) in [4.78, 5) is 40.7. The van der Waals surface area contributed by atoms with Gasteiger partial charge >= 0.3 is 0 Å². The van der Waals surface area contributed by atoms with Crippen LogP contribution in [0.15, 0.2) is 42.5 Å². The summed E-state index contributed by atoms with van der Waals surface area (Å²) in [6, 6.07) is 13.3. The second kappa shape index (κ2) is 19.0. The zero-order valence-corrected chi connectivity index (χ0v) is 30.7. The van der Waals surface area contributed by atoms with Gasteiger partial charge in [0, 0.05) is 20.1 Å². The van der Waals surface area contributed by atoms with Crippen molar-refractivity contribution >= 4 is 34.4 Å². The minimum atomic E-state index is -1.33. The number of aliphatic hydroxyl groups is 3. The number of likely N-dealkylation sites (N-methyl/N-ethyl adjacent to an activating group) is 2. The molecule has 3 amide bonds. The Bertz CT molecular complexity index is 1530. The Labute approximate surface area is 299 Å². The van der Waals surface area contributed by atoms with Crippen molar-refractivity contribution in [3.63, 3.8) is 0 Å². The lowest BCUT2D eigenvalue weighted by Crippen LogP contribution is -2.55. The number of thiol groups is 1. The van der Waals surface area contributed by atoms with Crippen LogP contribution in [0, 0.1) is 19.3 Å². The molecule has 0 bridgehead atoms. The van der Waals surface area contributed by atoms with Gasteiger partial charge in [0.15, 0.2) is 0 Å². The zero-order valence-electron chi connectivity index (χ0n) is 29.8. The average Bonchev–Trinajstić information content (AvgIpc) is 3.06. The maximum absolute atomic E-state index is 12.7. The number of hydrogen-bond donors (Lipinski definition) is 6. The predicted octanol–water partition coefficient (Wildman–Crippen LogP) is 0.809. The van der Waals surface area contributed by atoms with Crippen LogP contribution in [0.25, 0.3) is 0 Å². The fourth-order valence-electron chi connectivity index (χ4n) is 5.40. The fourth-order valence-corrected chi connectivity index (χ4v) is 5.94. The third-order valence-corrected chi connectivity index (χ3v) is 9.11. The molecule has 12 nitrogen and oxygen atoms in total. The number of ether oxygens (including phenoxy) is 2. The molecule has 0 aliphatic carbocycles. The minimum Gasteiger partial charge on any atom is -0.493 e. The number of carbonyl (C=O) groups is 3. The van der Waals surface area contributed by atoms with Crippen molar-refractivity contribution < 1.29 is 39.2 Å². The Morgan fingerprint density at radius 1 is 1.08 bits per heavy atom. The van der Waals surface area contributed by atoms with Gasteiger partial charge in [-0.15, -0.1) is 6.42 Å². The van der Waals surface area contributed by atoms with Gasteiger partial charge in [-0.3, -0.25) is 19.3 Å². The quantitative estimate of drug-likeness (QED) is 0.0842. The maximum atomic E-state index is 12.7. The normalized spacial score (nSPS) is 20.9. The Morgan fingerprint density at radius 3 is 2.44 bits per heavy atom. The fraction of sp³-hybridized carbons (Fsp3) is 0.514. The number of amides is 3. The van der Waals surface area contributed by atoms with Crippen LogP contribution in [0.4, 0.5) is 0 Å². The van der Waals surface area contributed by atoms with Crippen LogP contribution in [0.2, 0.25) is 0 Å². The van der Waals surface area contributed by atoms with Gasteiger partial charge in [0.05, 0.1) is 26.1 Å². The Hall–Kier alpha value is -3.77. The number of aliphatic hydroxyl groups excluding tert-OH is 3. The summed E-state index contributed by atoms with van der Waals surface area (Å²) in [5.41, 5.74) is 2.68. The van der Waals surface area contributed by atoms with Gasteiger partial charge in [0.2, 0.25) is 17.7 Å². The van der Waals surface area contributed by atoms with Crippen LogP contribution in [0.5, 0.6) is 5.75 Å². The van der Waals surface area contributed by atoms with Crippen LogP contribution in [0.1, 0.15) is 48.6 Å². The number of hydrogen-bond acceptors (Lipinski definition) is 9. The van der Waals surface area contributed by atoms with E-state index in [0.717, 1.165) is 33.6 Å². The zero-order chi connectivity index (χ0) is 37.0. The standard InChI is InChI=1S/C37H52N4O8S/c1-8-17-41(6)31(43)22-40(5)18-16-38-36(47)37(3,4)39-30(42)15-19-48-28-13-10-25(11-14-28)20-27-21-26(12-9-24(27)2)35-34(46)33(45)32(44)29(49-35)23-50-7/h1,9-14,21,23,29,32-35,44-46,50H,15-20,22H2,2-7H3,(H,38,47)(H,39,42)/t29?,32-,33+,34-,35+/m1/s1. The number of nitrogens with one attached hydrogen (secondary N) is 2. The van der Waals surface area contributed by atoms with Crippen molar-refractivity contribution in [1.29, 1.82) is 0 Å². The lowest BCUT2D eigenvalue weighted by molar-refractivity contribution is -0.204. The van der Waals surface area contributed by atoms with E-state index in [2.05, 4.69) is 16.6 Å². The predicted molar refractivity (Wildman–Crippen MR) is 196 cm³/mol. The molecular formula is C37H52N4O8S. The highest BCUT2D eigenvalue weighted by molar-refractivity contribution is 7.96. The number of nitrogens with zero attached hydrogens (tertiary/aromatic N) is 2. The summed E-state index contributed by atoms with van der Waals surface area (Å²) in [5.74, 6) is 2.24. The first-order chi connectivity index (χ1) is 23.7. The molecule has 2 aromatic rings. The van der Waals surface area contributed by atoms with Crippen molar-refractivity contribution in [2.75, 3.05) is 53.1 Å². The summed E-state index contributed by atoms with van der Waals surface area (Å²) < 4.78 is 11.8. The molecule has 3 rings (SSSR count). The van der Waals surface area contributed by atoms with E-state index in [0.29, 0.717) is 25.3 Å². The molecule has 0 radical (unpaired) electrons. The monoisotopic (exact) mass is 712 g/mol. The lowest BCUT2D eigenvalue weighted by atomic mass is 9.89. The second-order valence-electron chi connectivity index (χ2n) is 13.1. The average molecular weight is 713 g/mol. The Kier molecular flexibility index (Phi) is 15.5. The molecule has 1 unspecified atom stereocenters. The molecule has 2 aromatic carbocycles. The summed E-state index contributed by atoms with van der Waals surface area (Å²) in [5, 5.41) is 38.8. The first-order valence-electron chi connectivity index (χ1n) is 16.5. The molecule has 13 heteroatoms. The molecule has 1 saturated heterocycles. The lowest BCUT2D eigenvalue weighted by Gasteiger charge is -2.40. The highest BCUT2D eigenvalue weighted by Crippen LogP contribution is 2.33. The number of benzene rings is 2. The molecule has 50 heavy (non-hydrogen) atoms. The van der Waals surface area contributed by atoms with Crippen molar-refractivity contribution in [3.05, 3.63) is 64.7 Å². The van der Waals surface area contributed by atoms with Crippen LogP contribution in [-0.4, -0.2) is 131 Å². The third-order valence-electron chi connectivity index (χ3n) is 8.52. The molecule has 5 atom stereocenters. The third kappa shape index (κ3) is 11.7. The summed E-state index contributed by atoms with van der Waals surface area (Å²) in [6.45, 7) is 6.52. The van der Waals surface area contributed by atoms with Crippen molar-refractivity contribution in [2.24, 2.45) is 0 Å². The van der Waals surface area contributed by atoms with E-state index in [1.54, 1.807) is 38.2 Å². The maximum Gasteiger partial charge on any atom is 0.245 e. The number of aryl methyl sites for hydroxylation is 1. The second-order valence-corrected chi connectivity index (χ2v) is 13.9. The molecule has 0 aromatic heterocycles. The van der Waals surface area contributed by atoms with Gasteiger partial charge in [0.1, 0.15) is 41.8 Å². The van der Waals surface area contributed by atoms with Crippen LogP contribution < -0.4 is 15.4 Å². The van der Waals surface area contributed by atoms with E-state index in [1.807, 2.05) is 55.6 Å². The number of terminal acetylenes is 1. The largest absolute Gasteiger partial charge is 0.493 e. The molecule has 1 aliphatic rings. The van der Waals surface area contributed by atoms with Crippen molar-refractivity contribution in [2.45, 2.75) is 69.7 Å². The van der Waals surface area contributed by atoms with E-state index in [1.165, 1.54) is 4.90 Å². The first-order valence-corrected chi connectivity index (χ1v) is 18.0. The Balaban J connectivity index is 1.46. The van der Waals surface area contributed by atoms with Gasteiger partial charge in [0.25, 0.3) is 0 Å². The van der Waals surface area contributed by atoms with Gasteiger partial charge in [-0.05, 0) is 80.2 Å². The van der Waals surface area contributed by atoms with Crippen LogP contribution in [-0.2, 0) is 25.5 Å². The molecule has 1 aliphatic heterocycles. The molecule has 5 N–H and O–H groups in total. The highest BCUT2D eigenvalue weighted by atomic mass is 32.1. The number of carbonyl (C=O) groups excluding carboxylic acids is 3. The minimum absolute atomic E-state index is 0.0533. The number of rotatable bonds is 16. The summed E-state index contributed by atoms with van der Waals surface area (Å²) in [6.07, 6.45) is 2.52. The molecule has 0 saturated carbocycles. The molecule has 1 fully saturated rings. The van der Waals surface area contributed by atoms with Gasteiger partial charge in [-0.1, -0.05) is 36.3 Å². The topological polar surface area (TPSA) is 161 Å². The van der Waals surface area contributed by atoms with E-state index in [-0.39, 0.29) is 43.8 Å². The van der Waals surface area contributed by atoms with Gasteiger partial charge < -0.3 is 40.3 Å². The van der Waals surface area contributed by atoms with E-state index in [4.69, 9.17) is 15.9 Å². The van der Waals surface area contributed by atoms with Gasteiger partial charge in [-0.2, -0.15) is 0 Å². The van der Waals surface area contributed by atoms with Crippen molar-refractivity contribution in [3.8, 4) is 18.1 Å². The smallest absolute Gasteiger partial charge is 0.245 e. The molecular weight excluding hydrogens is 660 g/mol. The van der Waals surface area contributed by atoms with Gasteiger partial charge in [-0.25, -0.2) is 11.4 Å². The van der Waals surface area contributed by atoms with Crippen LogP contribution >= 0.6 is 11.4 Å². The van der Waals surface area contributed by atoms with E-state index < -0.39 is 36.1 Å². The first kappa shape index (κ1) is 40.7. The van der Waals surface area contributed by atoms with Crippen LogP contribution in [0.3, 0.4) is 0 Å². The summed E-state index contributed by atoms with van der Waals surface area (Å²) in [7, 11) is 3.41. The molecule has 1 heterocycles. The SMILES string of the molecule is C#CCN(C)C(=O)CN(C)CCNC(=O)C(C)(C)NC(=O)CCOc1ccc(Cc2cc([C@@H]3OC(/C=[SH]\C)[C@@H](O)[C@H](O)[C@H]3O)ccc2C)cc1. The highest BCUT2D eigenvalue weighted by Gasteiger charge is 2.43. The molecule has 0 spiro atoms. The Morgan fingerprint density at radius 2 is 1.78 bits per heavy atom. The molecule has 274 valence electrons. The van der Waals surface area contributed by atoms with E-state index >= 15 is 0 Å². The van der Waals surface area contributed by atoms with E-state index in [9.17, 15) is 29.7 Å². The van der Waals surface area contributed by atoms with Crippen molar-refractivity contribution in [1.82, 2.24) is 20.4 Å².